The van der Waals surface area contributed by atoms with E-state index in [4.69, 9.17) is 14.2 Å². The van der Waals surface area contributed by atoms with Gasteiger partial charge < -0.3 is 24.4 Å². The maximum absolute atomic E-state index is 12.4. The number of allylic oxidation sites excluding steroid dienone is 2. The lowest BCUT2D eigenvalue weighted by Crippen LogP contribution is -2.40. The number of hydrogen-bond acceptors (Lipinski definition) is 10. The largest absolute Gasteiger partial charge is 0.493 e. The van der Waals surface area contributed by atoms with Crippen LogP contribution in [0.2, 0.25) is 0 Å². The zero-order chi connectivity index (χ0) is 37.7. The molecule has 12 nitrogen and oxygen atoms in total. The Kier molecular flexibility index (Phi) is 25.0. The third-order valence-electron chi connectivity index (χ3n) is 8.38. The Morgan fingerprint density at radius 1 is 0.961 bits per heavy atom. The van der Waals surface area contributed by atoms with E-state index in [-0.39, 0.29) is 37.7 Å². The Morgan fingerprint density at radius 3 is 2.39 bits per heavy atom. The summed E-state index contributed by atoms with van der Waals surface area (Å²) in [7, 11) is 1.43. The maximum Gasteiger partial charge on any atom is 0.333 e. The molecule has 0 bridgehead atoms. The van der Waals surface area contributed by atoms with Gasteiger partial charge in [-0.25, -0.2) is 4.79 Å². The molecule has 0 saturated heterocycles. The van der Waals surface area contributed by atoms with Gasteiger partial charge in [-0.3, -0.25) is 14.4 Å². The van der Waals surface area contributed by atoms with Gasteiger partial charge in [-0.2, -0.15) is 0 Å². The van der Waals surface area contributed by atoms with E-state index in [0.29, 0.717) is 29.9 Å². The lowest BCUT2D eigenvalue weighted by atomic mass is 9.98. The minimum atomic E-state index is -0.915. The van der Waals surface area contributed by atoms with Crippen molar-refractivity contribution in [3.8, 4) is 11.5 Å². The number of ketones is 1. The number of benzene rings is 1. The second-order valence-electron chi connectivity index (χ2n) is 12.7. The Bertz CT molecular complexity index is 1240. The van der Waals surface area contributed by atoms with E-state index in [0.717, 1.165) is 31.6 Å². The van der Waals surface area contributed by atoms with Crippen LogP contribution in [0.4, 0.5) is 0 Å². The predicted molar refractivity (Wildman–Crippen MR) is 197 cm³/mol. The quantitative estimate of drug-likeness (QED) is 0.0260. The molecular formula is C39H60N2O10. The van der Waals surface area contributed by atoms with Crippen LogP contribution in [0.15, 0.2) is 36.4 Å². The monoisotopic (exact) mass is 716 g/mol. The van der Waals surface area contributed by atoms with Crippen molar-refractivity contribution in [2.24, 2.45) is 5.92 Å². The Morgan fingerprint density at radius 2 is 1.71 bits per heavy atom. The zero-order valence-corrected chi connectivity index (χ0v) is 31.2. The summed E-state index contributed by atoms with van der Waals surface area (Å²) in [4.78, 5) is 61.7. The van der Waals surface area contributed by atoms with Crippen LogP contribution in [0.1, 0.15) is 135 Å². The van der Waals surface area contributed by atoms with Gasteiger partial charge in [-0.1, -0.05) is 82.6 Å². The second kappa shape index (κ2) is 28.5. The van der Waals surface area contributed by atoms with E-state index in [9.17, 15) is 29.3 Å². The number of rotatable bonds is 25. The van der Waals surface area contributed by atoms with Crippen LogP contribution in [0.3, 0.4) is 0 Å². The molecule has 286 valence electrons. The number of hydrogen-bond donors (Lipinski definition) is 1. The van der Waals surface area contributed by atoms with Crippen molar-refractivity contribution >= 4 is 29.7 Å². The summed E-state index contributed by atoms with van der Waals surface area (Å²) in [5.41, 5.74) is 0.708. The SMILES string of the molecule is C/C=C\CCCC(=O)NC(C)C(=O)Oc1ccc(/C=C/COC(=O)CCCO[N+](=O)[O-])cc1OC.CCCCCCCC(=O)CCC1CCCC1. The first-order valence-corrected chi connectivity index (χ1v) is 18.5. The molecule has 0 heterocycles. The number of methoxy groups -OCH3 is 1. The van der Waals surface area contributed by atoms with Crippen LogP contribution < -0.4 is 14.8 Å². The van der Waals surface area contributed by atoms with Crippen molar-refractivity contribution in [2.75, 3.05) is 20.3 Å². The molecule has 1 unspecified atom stereocenters. The summed E-state index contributed by atoms with van der Waals surface area (Å²) in [5.74, 6) is 0.564. The van der Waals surface area contributed by atoms with Crippen LogP contribution in [0.25, 0.3) is 6.08 Å². The molecule has 2 rings (SSSR count). The van der Waals surface area contributed by atoms with E-state index < -0.39 is 23.1 Å². The van der Waals surface area contributed by atoms with Gasteiger partial charge in [-0.05, 0) is 75.6 Å². The van der Waals surface area contributed by atoms with Gasteiger partial charge in [0.25, 0.3) is 5.09 Å². The van der Waals surface area contributed by atoms with E-state index in [1.807, 2.05) is 19.1 Å². The molecule has 1 aliphatic carbocycles. The van der Waals surface area contributed by atoms with Gasteiger partial charge in [-0.15, -0.1) is 10.1 Å². The van der Waals surface area contributed by atoms with E-state index in [1.54, 1.807) is 37.3 Å². The van der Waals surface area contributed by atoms with Gasteiger partial charge in [0.1, 0.15) is 18.4 Å². The molecule has 1 aromatic carbocycles. The first kappa shape index (κ1) is 44.8. The van der Waals surface area contributed by atoms with Crippen molar-refractivity contribution in [1.82, 2.24) is 5.32 Å². The molecule has 0 aliphatic heterocycles. The van der Waals surface area contributed by atoms with Crippen LogP contribution in [0.5, 0.6) is 11.5 Å². The molecule has 1 N–H and O–H groups in total. The normalized spacial score (nSPS) is 13.3. The standard InChI is InChI=1S/C24H32N2O9.C15H28O/c1-4-5-6-7-11-22(27)25-18(2)24(29)35-20-14-13-19(17-21(20)32-3)10-8-15-33-23(28)12-9-16-34-26(30)31;1-2-3-4-5-6-11-15(16)13-12-14-9-7-8-10-14/h4-5,8,10,13-14,17-18H,6-7,9,11-12,15-16H2,1-3H3,(H,25,27);14H,2-13H2,1H3/b5-4-,10-8+;. The van der Waals surface area contributed by atoms with E-state index in [2.05, 4.69) is 17.1 Å². The van der Waals surface area contributed by atoms with Gasteiger partial charge in [0.2, 0.25) is 5.91 Å². The molecule has 0 radical (unpaired) electrons. The molecule has 0 aromatic heterocycles. The van der Waals surface area contributed by atoms with Crippen LogP contribution in [-0.4, -0.2) is 55.1 Å². The average Bonchev–Trinajstić information content (AvgIpc) is 3.64. The minimum Gasteiger partial charge on any atom is -0.493 e. The summed E-state index contributed by atoms with van der Waals surface area (Å²) >= 11 is 0. The molecule has 1 fully saturated rings. The number of carbonyl (C=O) groups is 4. The van der Waals surface area contributed by atoms with Gasteiger partial charge in [0.05, 0.1) is 13.7 Å². The molecule has 1 atom stereocenters. The highest BCUT2D eigenvalue weighted by Gasteiger charge is 2.20. The fraction of sp³-hybridized carbons (Fsp3) is 0.641. The highest BCUT2D eigenvalue weighted by Crippen LogP contribution is 2.30. The second-order valence-corrected chi connectivity index (χ2v) is 12.7. The summed E-state index contributed by atoms with van der Waals surface area (Å²) in [6.45, 7) is 5.54. The van der Waals surface area contributed by atoms with Gasteiger partial charge in [0, 0.05) is 25.7 Å². The number of carbonyl (C=O) groups excluding carboxylic acids is 4. The average molecular weight is 717 g/mol. The molecular weight excluding hydrogens is 656 g/mol. The summed E-state index contributed by atoms with van der Waals surface area (Å²) < 4.78 is 15.7. The minimum absolute atomic E-state index is 0.00461. The number of unbranched alkanes of at least 4 members (excludes halogenated alkanes) is 5. The van der Waals surface area contributed by atoms with Crippen molar-refractivity contribution < 1.29 is 43.3 Å². The van der Waals surface area contributed by atoms with Crippen molar-refractivity contribution in [3.05, 3.63) is 52.1 Å². The third-order valence-corrected chi connectivity index (χ3v) is 8.38. The fourth-order valence-electron chi connectivity index (χ4n) is 5.46. The molecule has 1 aromatic rings. The summed E-state index contributed by atoms with van der Waals surface area (Å²) in [6, 6.07) is 4.06. The van der Waals surface area contributed by atoms with Crippen molar-refractivity contribution in [2.45, 2.75) is 136 Å². The van der Waals surface area contributed by atoms with E-state index >= 15 is 0 Å². The Hall–Kier alpha value is -4.22. The van der Waals surface area contributed by atoms with Crippen LogP contribution in [0, 0.1) is 16.0 Å². The predicted octanol–water partition coefficient (Wildman–Crippen LogP) is 8.28. The molecule has 12 heteroatoms. The Balaban J connectivity index is 0.000000674. The summed E-state index contributed by atoms with van der Waals surface area (Å²) in [5, 5.41) is 11.7. The highest BCUT2D eigenvalue weighted by atomic mass is 16.9. The number of nitrogens with one attached hydrogen (secondary N) is 1. The van der Waals surface area contributed by atoms with Crippen LogP contribution >= 0.6 is 0 Å². The zero-order valence-electron chi connectivity index (χ0n) is 31.2. The topological polar surface area (TPSA) is 160 Å². The lowest BCUT2D eigenvalue weighted by Gasteiger charge is -2.15. The van der Waals surface area contributed by atoms with Gasteiger partial charge >= 0.3 is 11.9 Å². The van der Waals surface area contributed by atoms with E-state index in [1.165, 1.54) is 64.9 Å². The van der Waals surface area contributed by atoms with Crippen molar-refractivity contribution in [3.63, 3.8) is 0 Å². The number of Topliss-reactive ketones (excluding diaryl/α,β-unsaturated/α-hetero) is 1. The third kappa shape index (κ3) is 23.0. The maximum atomic E-state index is 12.4. The number of nitrogens with zero attached hydrogens (tertiary/aromatic N) is 1. The molecule has 0 spiro atoms. The summed E-state index contributed by atoms with van der Waals surface area (Å²) in [6.07, 6.45) is 23.9. The first-order valence-electron chi connectivity index (χ1n) is 18.5. The lowest BCUT2D eigenvalue weighted by molar-refractivity contribution is -0.757. The fourth-order valence-corrected chi connectivity index (χ4v) is 5.46. The molecule has 1 aliphatic rings. The first-order chi connectivity index (χ1) is 24.6. The Labute approximate surface area is 303 Å². The molecule has 51 heavy (non-hydrogen) atoms. The number of amides is 1. The van der Waals surface area contributed by atoms with Crippen molar-refractivity contribution in [1.29, 1.82) is 0 Å². The number of esters is 2. The molecule has 1 saturated carbocycles. The number of ether oxygens (including phenoxy) is 3. The van der Waals surface area contributed by atoms with Gasteiger partial charge in [0.15, 0.2) is 11.5 Å². The smallest absolute Gasteiger partial charge is 0.333 e. The van der Waals surface area contributed by atoms with Crippen LogP contribution in [-0.2, 0) is 28.8 Å². The molecule has 1 amide bonds. The highest BCUT2D eigenvalue weighted by molar-refractivity contribution is 5.85.